The van der Waals surface area contributed by atoms with Crippen LogP contribution in [0, 0.1) is 5.92 Å². The zero-order valence-corrected chi connectivity index (χ0v) is 14.8. The van der Waals surface area contributed by atoms with Crippen molar-refractivity contribution in [2.45, 2.75) is 46.5 Å². The largest absolute Gasteiger partial charge is 0.573 e. The summed E-state index contributed by atoms with van der Waals surface area (Å²) in [6.45, 7) is 6.35. The molecule has 2 aromatic rings. The summed E-state index contributed by atoms with van der Waals surface area (Å²) in [7, 11) is 0. The summed E-state index contributed by atoms with van der Waals surface area (Å²) in [4.78, 5) is 11.7. The summed E-state index contributed by atoms with van der Waals surface area (Å²) in [5.74, 6) is -1.02. The second kappa shape index (κ2) is 7.80. The quantitative estimate of drug-likeness (QED) is 0.763. The van der Waals surface area contributed by atoms with Gasteiger partial charge in [0.2, 0.25) is 0 Å². The highest BCUT2D eigenvalue weighted by molar-refractivity contribution is 5.90. The Morgan fingerprint density at radius 2 is 1.88 bits per heavy atom. The molecule has 8 heteroatoms. The van der Waals surface area contributed by atoms with Gasteiger partial charge in [0.25, 0.3) is 0 Å². The van der Waals surface area contributed by atoms with Crippen LogP contribution in [0.5, 0.6) is 5.75 Å². The van der Waals surface area contributed by atoms with E-state index >= 15 is 0 Å². The van der Waals surface area contributed by atoms with Crippen molar-refractivity contribution < 1.29 is 27.8 Å². The van der Waals surface area contributed by atoms with Crippen LogP contribution in [0.25, 0.3) is 11.3 Å². The summed E-state index contributed by atoms with van der Waals surface area (Å²) in [5, 5.41) is 14.0. The number of hydrogen-bond acceptors (Lipinski definition) is 3. The van der Waals surface area contributed by atoms with Crippen LogP contribution in [-0.2, 0) is 13.0 Å². The van der Waals surface area contributed by atoms with Crippen molar-refractivity contribution >= 4 is 5.97 Å². The van der Waals surface area contributed by atoms with Gasteiger partial charge in [0, 0.05) is 17.7 Å². The highest BCUT2D eigenvalue weighted by atomic mass is 19.4. The molecule has 1 heterocycles. The third-order valence-electron chi connectivity index (χ3n) is 3.89. The van der Waals surface area contributed by atoms with E-state index in [1.165, 1.54) is 28.9 Å². The van der Waals surface area contributed by atoms with Crippen molar-refractivity contribution in [2.75, 3.05) is 0 Å². The average Bonchev–Trinajstić information content (AvgIpc) is 2.91. The number of carbonyl (C=O) groups is 1. The molecule has 142 valence electrons. The number of aryl methyl sites for hydroxylation is 1. The number of carboxylic acid groups (broad SMARTS) is 1. The number of nitrogens with zero attached hydrogens (tertiary/aromatic N) is 2. The van der Waals surface area contributed by atoms with E-state index in [0.717, 1.165) is 6.42 Å². The minimum absolute atomic E-state index is 0.124. The van der Waals surface area contributed by atoms with E-state index < -0.39 is 12.3 Å². The van der Waals surface area contributed by atoms with E-state index in [-0.39, 0.29) is 11.4 Å². The molecular weight excluding hydrogens is 349 g/mol. The Kier molecular flexibility index (Phi) is 5.94. The van der Waals surface area contributed by atoms with Crippen LogP contribution in [0.15, 0.2) is 24.3 Å². The predicted octanol–water partition coefficient (Wildman–Crippen LogP) is 4.76. The molecule has 0 saturated carbocycles. The van der Waals surface area contributed by atoms with E-state index in [4.69, 9.17) is 0 Å². The molecule has 0 saturated heterocycles. The smallest absolute Gasteiger partial charge is 0.477 e. The van der Waals surface area contributed by atoms with Crippen molar-refractivity contribution in [1.29, 1.82) is 0 Å². The van der Waals surface area contributed by atoms with Gasteiger partial charge >= 0.3 is 12.3 Å². The molecule has 0 aliphatic rings. The van der Waals surface area contributed by atoms with Crippen molar-refractivity contribution in [2.24, 2.45) is 5.92 Å². The molecule has 26 heavy (non-hydrogen) atoms. The third kappa shape index (κ3) is 4.77. The summed E-state index contributed by atoms with van der Waals surface area (Å²) in [5.41, 5.74) is 1.69. The Bertz CT molecular complexity index is 765. The molecule has 0 atom stereocenters. The number of aromatic carboxylic acids is 1. The number of halogens is 3. The molecule has 0 bridgehead atoms. The summed E-state index contributed by atoms with van der Waals surface area (Å²) >= 11 is 0. The summed E-state index contributed by atoms with van der Waals surface area (Å²) in [6.07, 6.45) is -3.55. The van der Waals surface area contributed by atoms with Gasteiger partial charge in [-0.2, -0.15) is 5.10 Å². The molecule has 0 aliphatic carbocycles. The Hall–Kier alpha value is -2.51. The first-order chi connectivity index (χ1) is 12.1. The maximum absolute atomic E-state index is 12.3. The number of aromatic nitrogens is 2. The van der Waals surface area contributed by atoms with Gasteiger partial charge in [-0.3, -0.25) is 4.68 Å². The lowest BCUT2D eigenvalue weighted by Gasteiger charge is -2.09. The van der Waals surface area contributed by atoms with E-state index in [2.05, 4.69) is 9.84 Å². The monoisotopic (exact) mass is 370 g/mol. The van der Waals surface area contributed by atoms with Crippen LogP contribution >= 0.6 is 0 Å². The first kappa shape index (κ1) is 19.8. The number of alkyl halides is 3. The maximum Gasteiger partial charge on any atom is 0.573 e. The highest BCUT2D eigenvalue weighted by Crippen LogP contribution is 2.30. The first-order valence-corrected chi connectivity index (χ1v) is 8.31. The lowest BCUT2D eigenvalue weighted by atomic mass is 10.0. The van der Waals surface area contributed by atoms with Crippen LogP contribution < -0.4 is 4.74 Å². The van der Waals surface area contributed by atoms with Crippen LogP contribution in [0.1, 0.15) is 43.2 Å². The zero-order valence-electron chi connectivity index (χ0n) is 14.8. The fourth-order valence-electron chi connectivity index (χ4n) is 2.66. The molecule has 0 spiro atoms. The second-order valence-electron chi connectivity index (χ2n) is 6.31. The van der Waals surface area contributed by atoms with Gasteiger partial charge in [0.05, 0.1) is 5.69 Å². The van der Waals surface area contributed by atoms with Crippen molar-refractivity contribution in [3.8, 4) is 17.0 Å². The number of ether oxygens (including phenoxy) is 1. The molecule has 1 aromatic carbocycles. The summed E-state index contributed by atoms with van der Waals surface area (Å²) < 4.78 is 42.2. The van der Waals surface area contributed by atoms with Gasteiger partial charge in [0.1, 0.15) is 11.4 Å². The molecule has 0 aliphatic heterocycles. The third-order valence-corrected chi connectivity index (χ3v) is 3.89. The number of carboxylic acids is 1. The molecule has 0 amide bonds. The molecule has 0 unspecified atom stereocenters. The molecule has 2 rings (SSSR count). The van der Waals surface area contributed by atoms with E-state index in [0.29, 0.717) is 35.7 Å². The van der Waals surface area contributed by atoms with Gasteiger partial charge in [-0.1, -0.05) is 20.8 Å². The fourth-order valence-corrected chi connectivity index (χ4v) is 2.66. The molecule has 0 radical (unpaired) electrons. The topological polar surface area (TPSA) is 64.4 Å². The summed E-state index contributed by atoms with van der Waals surface area (Å²) in [6, 6.07) is 5.27. The van der Waals surface area contributed by atoms with Gasteiger partial charge in [0.15, 0.2) is 0 Å². The molecule has 0 fully saturated rings. The Labute approximate surface area is 149 Å². The standard InChI is InChI=1S/C18H21F3N2O3/c1-4-14-15(12-5-7-13(8-6-12)26-18(19,20)21)22-23(10-9-11(2)3)16(14)17(24)25/h5-8,11H,4,9-10H2,1-3H3,(H,24,25). The Morgan fingerprint density at radius 3 is 2.35 bits per heavy atom. The number of hydrogen-bond donors (Lipinski definition) is 1. The van der Waals surface area contributed by atoms with Crippen LogP contribution in [0.2, 0.25) is 0 Å². The lowest BCUT2D eigenvalue weighted by molar-refractivity contribution is -0.274. The SMILES string of the molecule is CCc1c(-c2ccc(OC(F)(F)F)cc2)nn(CCC(C)C)c1C(=O)O. The van der Waals surface area contributed by atoms with Gasteiger partial charge in [-0.25, -0.2) is 4.79 Å². The molecule has 5 nitrogen and oxygen atoms in total. The van der Waals surface area contributed by atoms with Crippen molar-refractivity contribution in [3.05, 3.63) is 35.5 Å². The minimum Gasteiger partial charge on any atom is -0.477 e. The van der Waals surface area contributed by atoms with Crippen molar-refractivity contribution in [1.82, 2.24) is 9.78 Å². The van der Waals surface area contributed by atoms with Crippen LogP contribution in [0.3, 0.4) is 0 Å². The highest BCUT2D eigenvalue weighted by Gasteiger charge is 2.31. The molecule has 1 N–H and O–H groups in total. The van der Waals surface area contributed by atoms with Crippen molar-refractivity contribution in [3.63, 3.8) is 0 Å². The number of rotatable bonds is 7. The Balaban J connectivity index is 2.42. The van der Waals surface area contributed by atoms with Crippen LogP contribution in [-0.4, -0.2) is 27.2 Å². The molecular formula is C18H21F3N2O3. The van der Waals surface area contributed by atoms with Gasteiger partial charge < -0.3 is 9.84 Å². The zero-order chi connectivity index (χ0) is 19.5. The van der Waals surface area contributed by atoms with Crippen LogP contribution in [0.4, 0.5) is 13.2 Å². The first-order valence-electron chi connectivity index (χ1n) is 8.31. The van der Waals surface area contributed by atoms with Gasteiger partial charge in [-0.15, -0.1) is 13.2 Å². The fraction of sp³-hybridized carbons (Fsp3) is 0.444. The Morgan fingerprint density at radius 1 is 1.27 bits per heavy atom. The maximum atomic E-state index is 12.3. The van der Waals surface area contributed by atoms with E-state index in [1.807, 2.05) is 20.8 Å². The number of benzene rings is 1. The normalized spacial score (nSPS) is 11.8. The minimum atomic E-state index is -4.76. The van der Waals surface area contributed by atoms with Gasteiger partial charge in [-0.05, 0) is 43.0 Å². The predicted molar refractivity (Wildman–Crippen MR) is 90.1 cm³/mol. The van der Waals surface area contributed by atoms with E-state index in [1.54, 1.807) is 0 Å². The lowest BCUT2D eigenvalue weighted by Crippen LogP contribution is -2.16. The second-order valence-corrected chi connectivity index (χ2v) is 6.31. The van der Waals surface area contributed by atoms with E-state index in [9.17, 15) is 23.1 Å². The average molecular weight is 370 g/mol. The molecule has 1 aromatic heterocycles.